The van der Waals surface area contributed by atoms with E-state index in [1.54, 1.807) is 12.4 Å². The number of unbranched alkanes of at least 4 members (excludes halogenated alkanes) is 1. The second-order valence-corrected chi connectivity index (χ2v) is 7.59. The van der Waals surface area contributed by atoms with Crippen LogP contribution in [0.15, 0.2) is 24.5 Å². The largest absolute Gasteiger partial charge is 0.373 e. The van der Waals surface area contributed by atoms with Gasteiger partial charge in [0.1, 0.15) is 0 Å². The Morgan fingerprint density at radius 2 is 2.22 bits per heavy atom. The van der Waals surface area contributed by atoms with E-state index in [0.29, 0.717) is 25.3 Å². The van der Waals surface area contributed by atoms with Crippen molar-refractivity contribution >= 4 is 5.91 Å². The Balaban J connectivity index is 1.67. The number of ether oxygens (including phenoxy) is 1. The highest BCUT2D eigenvalue weighted by atomic mass is 16.5. The molecule has 0 unspecified atom stereocenters. The Morgan fingerprint density at radius 1 is 1.33 bits per heavy atom. The first-order chi connectivity index (χ1) is 13.2. The zero-order chi connectivity index (χ0) is 18.8. The summed E-state index contributed by atoms with van der Waals surface area (Å²) in [4.78, 5) is 23.9. The molecule has 0 saturated heterocycles. The van der Waals surface area contributed by atoms with Crippen molar-refractivity contribution in [3.63, 3.8) is 0 Å². The van der Waals surface area contributed by atoms with Crippen molar-refractivity contribution < 1.29 is 9.53 Å². The van der Waals surface area contributed by atoms with E-state index in [0.717, 1.165) is 25.0 Å². The summed E-state index contributed by atoms with van der Waals surface area (Å²) >= 11 is 0. The number of nitrogens with zero attached hydrogens (tertiary/aromatic N) is 3. The maximum atomic E-state index is 12.9. The molecule has 4 heterocycles. The van der Waals surface area contributed by atoms with Crippen molar-refractivity contribution in [3.8, 4) is 0 Å². The lowest BCUT2D eigenvalue weighted by Gasteiger charge is -2.34. The van der Waals surface area contributed by atoms with Gasteiger partial charge < -0.3 is 9.64 Å². The van der Waals surface area contributed by atoms with Gasteiger partial charge in [0.15, 0.2) is 0 Å². The number of aromatic nitrogens is 2. The van der Waals surface area contributed by atoms with E-state index in [2.05, 4.69) is 18.8 Å². The molecule has 5 heteroatoms. The number of aryl methyl sites for hydroxylation is 1. The SMILES string of the molecule is CCCCc1nc2c(c3c1C[C@H](C)OC3)CN(C(=O)c1cccnc1)CC2. The van der Waals surface area contributed by atoms with Crippen molar-refractivity contribution in [2.75, 3.05) is 6.54 Å². The summed E-state index contributed by atoms with van der Waals surface area (Å²) in [6, 6.07) is 3.64. The van der Waals surface area contributed by atoms with Crippen LogP contribution in [0.5, 0.6) is 0 Å². The molecule has 0 aliphatic carbocycles. The van der Waals surface area contributed by atoms with Gasteiger partial charge in [-0.3, -0.25) is 14.8 Å². The van der Waals surface area contributed by atoms with Crippen LogP contribution in [0.2, 0.25) is 0 Å². The number of hydrogen-bond donors (Lipinski definition) is 0. The van der Waals surface area contributed by atoms with Gasteiger partial charge in [0, 0.05) is 49.7 Å². The maximum absolute atomic E-state index is 12.9. The summed E-state index contributed by atoms with van der Waals surface area (Å²) in [5, 5.41) is 0. The fourth-order valence-corrected chi connectivity index (χ4v) is 4.12. The molecule has 142 valence electrons. The molecule has 2 aromatic heterocycles. The van der Waals surface area contributed by atoms with E-state index in [1.807, 2.05) is 17.0 Å². The van der Waals surface area contributed by atoms with Gasteiger partial charge in [-0.05, 0) is 48.6 Å². The Labute approximate surface area is 160 Å². The Morgan fingerprint density at radius 3 is 3.00 bits per heavy atom. The highest BCUT2D eigenvalue weighted by molar-refractivity contribution is 5.94. The third-order valence-corrected chi connectivity index (χ3v) is 5.63. The fraction of sp³-hybridized carbons (Fsp3) is 0.500. The van der Waals surface area contributed by atoms with Gasteiger partial charge in [0.25, 0.3) is 5.91 Å². The highest BCUT2D eigenvalue weighted by Gasteiger charge is 2.30. The molecule has 0 bridgehead atoms. The maximum Gasteiger partial charge on any atom is 0.255 e. The van der Waals surface area contributed by atoms with Crippen LogP contribution in [0.3, 0.4) is 0 Å². The van der Waals surface area contributed by atoms with Crippen LogP contribution >= 0.6 is 0 Å². The van der Waals surface area contributed by atoms with Crippen LogP contribution in [0.25, 0.3) is 0 Å². The normalized spacial score (nSPS) is 18.7. The molecule has 27 heavy (non-hydrogen) atoms. The summed E-state index contributed by atoms with van der Waals surface area (Å²) in [6.07, 6.45) is 8.68. The molecule has 0 N–H and O–H groups in total. The van der Waals surface area contributed by atoms with Crippen LogP contribution in [0, 0.1) is 0 Å². The standard InChI is InChI=1S/C22H27N3O2/c1-3-4-7-20-17-11-15(2)27-14-19(17)18-13-25(10-8-21(18)24-20)22(26)16-6-5-9-23-12-16/h5-6,9,12,15H,3-4,7-8,10-11,13-14H2,1-2H3/t15-/m0/s1. The van der Waals surface area contributed by atoms with Crippen molar-refractivity contribution in [2.24, 2.45) is 0 Å². The summed E-state index contributed by atoms with van der Waals surface area (Å²) in [7, 11) is 0. The quantitative estimate of drug-likeness (QED) is 0.832. The topological polar surface area (TPSA) is 55.3 Å². The molecule has 2 aromatic rings. The third kappa shape index (κ3) is 3.61. The number of rotatable bonds is 4. The third-order valence-electron chi connectivity index (χ3n) is 5.63. The molecule has 5 nitrogen and oxygen atoms in total. The van der Waals surface area contributed by atoms with Crippen LogP contribution in [0.1, 0.15) is 65.1 Å². The lowest BCUT2D eigenvalue weighted by Crippen LogP contribution is -2.38. The van der Waals surface area contributed by atoms with Crippen molar-refractivity contribution in [3.05, 3.63) is 58.2 Å². The van der Waals surface area contributed by atoms with Crippen LogP contribution in [0.4, 0.5) is 0 Å². The monoisotopic (exact) mass is 365 g/mol. The zero-order valence-corrected chi connectivity index (χ0v) is 16.2. The minimum atomic E-state index is 0.0441. The van der Waals surface area contributed by atoms with Gasteiger partial charge in [-0.15, -0.1) is 0 Å². The molecule has 1 amide bonds. The molecule has 1 atom stereocenters. The molecule has 0 aromatic carbocycles. The van der Waals surface area contributed by atoms with Gasteiger partial charge in [-0.1, -0.05) is 13.3 Å². The Kier molecular flexibility index (Phi) is 5.21. The first-order valence-electron chi connectivity index (χ1n) is 10.0. The Hall–Kier alpha value is -2.27. The van der Waals surface area contributed by atoms with Crippen LogP contribution in [-0.2, 0) is 37.2 Å². The number of fused-ring (bicyclic) bond motifs is 3. The molecular formula is C22H27N3O2. The molecule has 2 aliphatic rings. The average molecular weight is 365 g/mol. The van der Waals surface area contributed by atoms with Gasteiger partial charge in [-0.25, -0.2) is 0 Å². The van der Waals surface area contributed by atoms with Crippen molar-refractivity contribution in [2.45, 2.75) is 65.2 Å². The molecule has 4 rings (SSSR count). The molecular weight excluding hydrogens is 338 g/mol. The number of carbonyl (C=O) groups is 1. The number of amides is 1. The lowest BCUT2D eigenvalue weighted by molar-refractivity contribution is 0.0388. The summed E-state index contributed by atoms with van der Waals surface area (Å²) in [6.45, 7) is 6.30. The minimum absolute atomic E-state index is 0.0441. The predicted molar refractivity (Wildman–Crippen MR) is 103 cm³/mol. The summed E-state index contributed by atoms with van der Waals surface area (Å²) in [5.41, 5.74) is 6.93. The number of carbonyl (C=O) groups excluding carboxylic acids is 1. The van der Waals surface area contributed by atoms with E-state index >= 15 is 0 Å². The summed E-state index contributed by atoms with van der Waals surface area (Å²) in [5.74, 6) is 0.0441. The summed E-state index contributed by atoms with van der Waals surface area (Å²) < 4.78 is 5.97. The van der Waals surface area contributed by atoms with E-state index in [9.17, 15) is 4.79 Å². The Bertz CT molecular complexity index is 835. The first kappa shape index (κ1) is 18.1. The number of pyridine rings is 2. The number of hydrogen-bond acceptors (Lipinski definition) is 4. The highest BCUT2D eigenvalue weighted by Crippen LogP contribution is 2.32. The first-order valence-corrected chi connectivity index (χ1v) is 10.0. The smallest absolute Gasteiger partial charge is 0.255 e. The lowest BCUT2D eigenvalue weighted by atomic mass is 9.89. The van der Waals surface area contributed by atoms with Crippen LogP contribution < -0.4 is 0 Å². The van der Waals surface area contributed by atoms with E-state index in [-0.39, 0.29) is 12.0 Å². The molecule has 0 radical (unpaired) electrons. The van der Waals surface area contributed by atoms with E-state index in [4.69, 9.17) is 9.72 Å². The fourth-order valence-electron chi connectivity index (χ4n) is 4.12. The van der Waals surface area contributed by atoms with Crippen molar-refractivity contribution in [1.29, 1.82) is 0 Å². The second-order valence-electron chi connectivity index (χ2n) is 7.59. The molecule has 0 fully saturated rings. The molecule has 2 aliphatic heterocycles. The van der Waals surface area contributed by atoms with Gasteiger partial charge in [0.2, 0.25) is 0 Å². The zero-order valence-electron chi connectivity index (χ0n) is 16.2. The van der Waals surface area contributed by atoms with Gasteiger partial charge in [0.05, 0.1) is 18.3 Å². The molecule has 0 spiro atoms. The van der Waals surface area contributed by atoms with Gasteiger partial charge in [-0.2, -0.15) is 0 Å². The second kappa shape index (κ2) is 7.77. The predicted octanol–water partition coefficient (Wildman–Crippen LogP) is 3.48. The van der Waals surface area contributed by atoms with E-state index in [1.165, 1.54) is 35.2 Å². The molecule has 0 saturated carbocycles. The van der Waals surface area contributed by atoms with Gasteiger partial charge >= 0.3 is 0 Å². The van der Waals surface area contributed by atoms with E-state index < -0.39 is 0 Å². The minimum Gasteiger partial charge on any atom is -0.373 e. The van der Waals surface area contributed by atoms with Crippen LogP contribution in [-0.4, -0.2) is 33.4 Å². The average Bonchev–Trinajstić information content (AvgIpc) is 2.71. The van der Waals surface area contributed by atoms with Crippen molar-refractivity contribution in [1.82, 2.24) is 14.9 Å².